The molecule has 1 aliphatic rings. The highest BCUT2D eigenvalue weighted by Gasteiger charge is 2.21. The zero-order valence-corrected chi connectivity index (χ0v) is 12.0. The van der Waals surface area contributed by atoms with Crippen LogP contribution in [0, 0.1) is 11.6 Å². The summed E-state index contributed by atoms with van der Waals surface area (Å²) >= 11 is 0. The van der Waals surface area contributed by atoms with Crippen LogP contribution in [0.4, 0.5) is 8.78 Å². The molecule has 0 saturated carbocycles. The lowest BCUT2D eigenvalue weighted by molar-refractivity contribution is 0.0946. The summed E-state index contributed by atoms with van der Waals surface area (Å²) in [5.41, 5.74) is 0.703. The van der Waals surface area contributed by atoms with Gasteiger partial charge in [-0.2, -0.15) is 0 Å². The maximum atomic E-state index is 13.3. The summed E-state index contributed by atoms with van der Waals surface area (Å²) in [6, 6.07) is 3.95. The molecule has 0 radical (unpaired) electrons. The summed E-state index contributed by atoms with van der Waals surface area (Å²) < 4.78 is 32.2. The molecule has 112 valence electrons. The fraction of sp³-hybridized carbons (Fsp3) is 0.625. The van der Waals surface area contributed by atoms with E-state index in [1.807, 2.05) is 0 Å². The van der Waals surface area contributed by atoms with Crippen LogP contribution in [0.25, 0.3) is 0 Å². The van der Waals surface area contributed by atoms with E-state index in [2.05, 4.69) is 12.2 Å². The molecule has 1 aromatic rings. The van der Waals surface area contributed by atoms with E-state index in [1.54, 1.807) is 0 Å². The molecular weight excluding hydrogens is 260 g/mol. The SMILES string of the molecule is CCCNC(Cc1cc(F)cc(F)c1)CC1CCCO1. The monoisotopic (exact) mass is 283 g/mol. The van der Waals surface area contributed by atoms with Crippen LogP contribution in [0.5, 0.6) is 0 Å². The molecule has 2 nitrogen and oxygen atoms in total. The molecule has 1 N–H and O–H groups in total. The minimum absolute atomic E-state index is 0.208. The molecule has 2 atom stereocenters. The summed E-state index contributed by atoms with van der Waals surface area (Å²) in [4.78, 5) is 0. The molecule has 0 amide bonds. The summed E-state index contributed by atoms with van der Waals surface area (Å²) in [6.45, 7) is 3.85. The zero-order valence-electron chi connectivity index (χ0n) is 12.0. The first-order valence-corrected chi connectivity index (χ1v) is 7.47. The van der Waals surface area contributed by atoms with Crippen LogP contribution >= 0.6 is 0 Å². The second-order valence-corrected chi connectivity index (χ2v) is 5.50. The van der Waals surface area contributed by atoms with Gasteiger partial charge in [-0.1, -0.05) is 6.92 Å². The summed E-state index contributed by atoms with van der Waals surface area (Å²) in [5.74, 6) is -1.02. The standard InChI is InChI=1S/C16H23F2NO/c1-2-5-19-15(11-16-4-3-6-20-16)9-12-7-13(17)10-14(18)8-12/h7-8,10,15-16,19H,2-6,9,11H2,1H3. The first-order valence-electron chi connectivity index (χ1n) is 7.47. The topological polar surface area (TPSA) is 21.3 Å². The molecule has 1 fully saturated rings. The molecule has 1 heterocycles. The van der Waals surface area contributed by atoms with E-state index in [9.17, 15) is 8.78 Å². The van der Waals surface area contributed by atoms with Gasteiger partial charge in [-0.15, -0.1) is 0 Å². The van der Waals surface area contributed by atoms with E-state index in [1.165, 1.54) is 12.1 Å². The Bertz CT molecular complexity index is 399. The Balaban J connectivity index is 1.97. The Morgan fingerprint density at radius 2 is 2.05 bits per heavy atom. The minimum atomic E-state index is -0.508. The fourth-order valence-electron chi connectivity index (χ4n) is 2.75. The predicted molar refractivity (Wildman–Crippen MR) is 75.7 cm³/mol. The van der Waals surface area contributed by atoms with Crippen LogP contribution in [-0.2, 0) is 11.2 Å². The van der Waals surface area contributed by atoms with Gasteiger partial charge in [-0.25, -0.2) is 8.78 Å². The third-order valence-corrected chi connectivity index (χ3v) is 3.66. The van der Waals surface area contributed by atoms with Crippen molar-refractivity contribution >= 4 is 0 Å². The molecule has 4 heteroatoms. The molecule has 2 rings (SSSR count). The van der Waals surface area contributed by atoms with Crippen molar-refractivity contribution in [2.45, 2.75) is 51.2 Å². The maximum Gasteiger partial charge on any atom is 0.126 e. The first-order chi connectivity index (χ1) is 9.67. The summed E-state index contributed by atoms with van der Waals surface area (Å²) in [6.07, 6.45) is 5.05. The van der Waals surface area contributed by atoms with Crippen molar-refractivity contribution in [3.05, 3.63) is 35.4 Å². The molecule has 1 saturated heterocycles. The second kappa shape index (κ2) is 7.70. The van der Waals surface area contributed by atoms with E-state index in [0.717, 1.165) is 44.9 Å². The molecule has 1 aliphatic heterocycles. The quantitative estimate of drug-likeness (QED) is 0.827. The molecule has 0 aromatic heterocycles. The zero-order chi connectivity index (χ0) is 14.4. The average Bonchev–Trinajstić information content (AvgIpc) is 2.87. The highest BCUT2D eigenvalue weighted by Crippen LogP contribution is 2.19. The highest BCUT2D eigenvalue weighted by atomic mass is 19.1. The molecule has 0 aliphatic carbocycles. The Kier molecular flexibility index (Phi) is 5.92. The Labute approximate surface area is 119 Å². The van der Waals surface area contributed by atoms with Crippen molar-refractivity contribution in [3.63, 3.8) is 0 Å². The van der Waals surface area contributed by atoms with E-state index in [-0.39, 0.29) is 12.1 Å². The number of rotatable bonds is 7. The van der Waals surface area contributed by atoms with Crippen LogP contribution in [0.15, 0.2) is 18.2 Å². The van der Waals surface area contributed by atoms with Gasteiger partial charge in [0.15, 0.2) is 0 Å². The maximum absolute atomic E-state index is 13.3. The number of hydrogen-bond donors (Lipinski definition) is 1. The van der Waals surface area contributed by atoms with E-state index in [0.29, 0.717) is 12.0 Å². The molecule has 0 bridgehead atoms. The van der Waals surface area contributed by atoms with Crippen LogP contribution < -0.4 is 5.32 Å². The van der Waals surface area contributed by atoms with Crippen LogP contribution in [0.3, 0.4) is 0 Å². The lowest BCUT2D eigenvalue weighted by Gasteiger charge is -2.22. The molecule has 20 heavy (non-hydrogen) atoms. The van der Waals surface area contributed by atoms with Gasteiger partial charge >= 0.3 is 0 Å². The lowest BCUT2D eigenvalue weighted by Crippen LogP contribution is -2.35. The smallest absolute Gasteiger partial charge is 0.126 e. The van der Waals surface area contributed by atoms with Crippen LogP contribution in [0.2, 0.25) is 0 Å². The third kappa shape index (κ3) is 4.84. The van der Waals surface area contributed by atoms with Gasteiger partial charge in [0, 0.05) is 18.7 Å². The number of ether oxygens (including phenoxy) is 1. The van der Waals surface area contributed by atoms with Gasteiger partial charge < -0.3 is 10.1 Å². The number of benzene rings is 1. The van der Waals surface area contributed by atoms with Gasteiger partial charge in [0.25, 0.3) is 0 Å². The van der Waals surface area contributed by atoms with Crippen molar-refractivity contribution in [1.29, 1.82) is 0 Å². The Hall–Kier alpha value is -1.00. The molecular formula is C16H23F2NO. The van der Waals surface area contributed by atoms with Gasteiger partial charge in [0.05, 0.1) is 6.10 Å². The van der Waals surface area contributed by atoms with Crippen molar-refractivity contribution in [2.75, 3.05) is 13.2 Å². The van der Waals surface area contributed by atoms with Gasteiger partial charge in [0.1, 0.15) is 11.6 Å². The van der Waals surface area contributed by atoms with E-state index in [4.69, 9.17) is 4.74 Å². The third-order valence-electron chi connectivity index (χ3n) is 3.66. The van der Waals surface area contributed by atoms with Crippen LogP contribution in [0.1, 0.15) is 38.2 Å². The Morgan fingerprint density at radius 1 is 1.30 bits per heavy atom. The van der Waals surface area contributed by atoms with Gasteiger partial charge in [-0.05, 0) is 56.3 Å². The largest absolute Gasteiger partial charge is 0.378 e. The van der Waals surface area contributed by atoms with E-state index >= 15 is 0 Å². The number of halogens is 2. The van der Waals surface area contributed by atoms with E-state index < -0.39 is 11.6 Å². The number of hydrogen-bond acceptors (Lipinski definition) is 2. The van der Waals surface area contributed by atoms with Crippen molar-refractivity contribution in [3.8, 4) is 0 Å². The first kappa shape index (κ1) is 15.4. The van der Waals surface area contributed by atoms with Gasteiger partial charge in [0.2, 0.25) is 0 Å². The fourth-order valence-corrected chi connectivity index (χ4v) is 2.75. The molecule has 2 unspecified atom stereocenters. The average molecular weight is 283 g/mol. The van der Waals surface area contributed by atoms with Crippen LogP contribution in [-0.4, -0.2) is 25.3 Å². The molecule has 0 spiro atoms. The summed E-state index contributed by atoms with van der Waals surface area (Å²) in [5, 5.41) is 3.46. The number of nitrogens with one attached hydrogen (secondary N) is 1. The Morgan fingerprint density at radius 3 is 2.65 bits per heavy atom. The predicted octanol–water partition coefficient (Wildman–Crippen LogP) is 3.44. The normalized spacial score (nSPS) is 20.2. The van der Waals surface area contributed by atoms with Gasteiger partial charge in [-0.3, -0.25) is 0 Å². The highest BCUT2D eigenvalue weighted by molar-refractivity contribution is 5.19. The summed E-state index contributed by atoms with van der Waals surface area (Å²) in [7, 11) is 0. The van der Waals surface area contributed by atoms with Crippen molar-refractivity contribution < 1.29 is 13.5 Å². The minimum Gasteiger partial charge on any atom is -0.378 e. The van der Waals surface area contributed by atoms with Crippen molar-refractivity contribution in [2.24, 2.45) is 0 Å². The van der Waals surface area contributed by atoms with Crippen molar-refractivity contribution in [1.82, 2.24) is 5.32 Å². The molecule has 1 aromatic carbocycles. The second-order valence-electron chi connectivity index (χ2n) is 5.50. The lowest BCUT2D eigenvalue weighted by atomic mass is 9.99.